The van der Waals surface area contributed by atoms with Gasteiger partial charge in [-0.2, -0.15) is 0 Å². The molecule has 0 amide bonds. The van der Waals surface area contributed by atoms with Gasteiger partial charge in [-0.1, -0.05) is 12.1 Å². The zero-order valence-electron chi connectivity index (χ0n) is 8.59. The topological polar surface area (TPSA) is 90.3 Å². The maximum atomic E-state index is 9.14. The van der Waals surface area contributed by atoms with Gasteiger partial charge in [-0.05, 0) is 12.1 Å². The van der Waals surface area contributed by atoms with Crippen molar-refractivity contribution in [3.63, 3.8) is 0 Å². The van der Waals surface area contributed by atoms with Gasteiger partial charge in [0.05, 0.1) is 12.7 Å². The first-order valence-electron chi connectivity index (χ1n) is 4.49. The molecule has 16 heavy (non-hydrogen) atoms. The summed E-state index contributed by atoms with van der Waals surface area (Å²) in [5, 5.41) is 25.0. The molecule has 1 rings (SSSR count). The van der Waals surface area contributed by atoms with Crippen LogP contribution >= 0.6 is 24.2 Å². The van der Waals surface area contributed by atoms with Gasteiger partial charge >= 0.3 is 0 Å². The normalized spacial score (nSPS) is 11.6. The van der Waals surface area contributed by atoms with Crippen molar-refractivity contribution in [3.8, 4) is 0 Å². The van der Waals surface area contributed by atoms with Crippen LogP contribution < -0.4 is 5.73 Å². The molecule has 0 saturated carbocycles. The van der Waals surface area contributed by atoms with Crippen LogP contribution in [0.4, 0.5) is 0 Å². The van der Waals surface area contributed by atoms with Crippen LogP contribution in [-0.2, 0) is 0 Å². The van der Waals surface area contributed by atoms with E-state index in [0.717, 1.165) is 4.90 Å². The predicted molar refractivity (Wildman–Crippen MR) is 68.5 cm³/mol. The maximum Gasteiger partial charge on any atom is 0.122 e. The first-order chi connectivity index (χ1) is 7.13. The molecule has 4 nitrogen and oxygen atoms in total. The van der Waals surface area contributed by atoms with Crippen molar-refractivity contribution >= 4 is 30.0 Å². The van der Waals surface area contributed by atoms with Gasteiger partial charge in [-0.15, -0.1) is 24.2 Å². The first kappa shape index (κ1) is 15.2. The van der Waals surface area contributed by atoms with Crippen molar-refractivity contribution in [1.82, 2.24) is 0 Å². The molecule has 6 heteroatoms. The van der Waals surface area contributed by atoms with Gasteiger partial charge in [0.2, 0.25) is 0 Å². The first-order valence-corrected chi connectivity index (χ1v) is 5.48. The minimum Gasteiger partial charge on any atom is -0.394 e. The average molecular weight is 263 g/mol. The molecule has 0 radical (unpaired) electrons. The van der Waals surface area contributed by atoms with E-state index >= 15 is 0 Å². The summed E-state index contributed by atoms with van der Waals surface area (Å²) in [6, 6.07) is 7.20. The zero-order valence-corrected chi connectivity index (χ0v) is 10.2. The third-order valence-corrected chi connectivity index (χ3v) is 2.98. The van der Waals surface area contributed by atoms with Crippen LogP contribution in [0, 0.1) is 5.41 Å². The molecule has 0 aliphatic heterocycles. The average Bonchev–Trinajstić information content (AvgIpc) is 2.26. The van der Waals surface area contributed by atoms with Gasteiger partial charge in [-0.3, -0.25) is 5.41 Å². The van der Waals surface area contributed by atoms with Gasteiger partial charge in [-0.25, -0.2) is 0 Å². The minimum absolute atomic E-state index is 0. The number of aliphatic hydroxyl groups is 2. The molecule has 0 bridgehead atoms. The highest BCUT2D eigenvalue weighted by molar-refractivity contribution is 7.99. The molecule has 1 aromatic rings. The molecule has 0 spiro atoms. The van der Waals surface area contributed by atoms with E-state index in [9.17, 15) is 0 Å². The molecule has 1 aromatic carbocycles. The number of hydrogen-bond acceptors (Lipinski definition) is 4. The van der Waals surface area contributed by atoms with Crippen molar-refractivity contribution < 1.29 is 10.2 Å². The molecule has 1 unspecified atom stereocenters. The highest BCUT2D eigenvalue weighted by Crippen LogP contribution is 2.19. The summed E-state index contributed by atoms with van der Waals surface area (Å²) in [4.78, 5) is 0.979. The van der Waals surface area contributed by atoms with E-state index in [1.165, 1.54) is 11.8 Å². The molecule has 1 atom stereocenters. The van der Waals surface area contributed by atoms with Crippen molar-refractivity contribution in [2.75, 3.05) is 12.4 Å². The molecule has 0 aliphatic carbocycles. The van der Waals surface area contributed by atoms with Gasteiger partial charge in [0.15, 0.2) is 0 Å². The third-order valence-electron chi connectivity index (χ3n) is 1.82. The maximum absolute atomic E-state index is 9.14. The van der Waals surface area contributed by atoms with Gasteiger partial charge in [0, 0.05) is 16.2 Å². The molecule has 0 aromatic heterocycles. The largest absolute Gasteiger partial charge is 0.394 e. The summed E-state index contributed by atoms with van der Waals surface area (Å²) in [6.45, 7) is -0.224. The van der Waals surface area contributed by atoms with Crippen LogP contribution in [0.15, 0.2) is 29.2 Å². The number of aliphatic hydroxyl groups excluding tert-OH is 2. The summed E-state index contributed by atoms with van der Waals surface area (Å²) in [5.74, 6) is 0.498. The van der Waals surface area contributed by atoms with E-state index in [-0.39, 0.29) is 24.8 Å². The fourth-order valence-electron chi connectivity index (χ4n) is 0.976. The summed E-state index contributed by atoms with van der Waals surface area (Å²) in [6.07, 6.45) is -0.692. The number of benzene rings is 1. The number of nitrogens with two attached hydrogens (primary N) is 1. The Kier molecular flexibility index (Phi) is 7.16. The second-order valence-electron chi connectivity index (χ2n) is 3.09. The third kappa shape index (κ3) is 4.85. The van der Waals surface area contributed by atoms with Gasteiger partial charge < -0.3 is 15.9 Å². The molecule has 90 valence electrons. The number of hydrogen-bond donors (Lipinski definition) is 4. The van der Waals surface area contributed by atoms with Crippen LogP contribution in [0.1, 0.15) is 5.56 Å². The lowest BCUT2D eigenvalue weighted by molar-refractivity contribution is 0.113. The molecule has 0 saturated heterocycles. The van der Waals surface area contributed by atoms with Gasteiger partial charge in [0.25, 0.3) is 0 Å². The van der Waals surface area contributed by atoms with Crippen molar-refractivity contribution in [1.29, 1.82) is 5.41 Å². The van der Waals surface area contributed by atoms with Crippen LogP contribution in [0.25, 0.3) is 0 Å². The minimum atomic E-state index is -0.692. The zero-order chi connectivity index (χ0) is 11.3. The lowest BCUT2D eigenvalue weighted by atomic mass is 10.2. The summed E-state index contributed by atoms with van der Waals surface area (Å²) in [7, 11) is 0. The standard InChI is InChI=1S/C10H14N2O2S.ClH/c11-10(12)7-1-3-9(4-2-7)15-6-8(14)5-13;/h1-4,8,13-14H,5-6H2,(H3,11,12);1H. The molecule has 0 fully saturated rings. The second-order valence-corrected chi connectivity index (χ2v) is 4.18. The SMILES string of the molecule is Cl.N=C(N)c1ccc(SCC(O)CO)cc1. The molecular formula is C10H15ClN2O2S. The number of rotatable bonds is 5. The summed E-state index contributed by atoms with van der Waals surface area (Å²) in [5.41, 5.74) is 5.99. The number of amidine groups is 1. The Morgan fingerprint density at radius 1 is 1.38 bits per heavy atom. The lowest BCUT2D eigenvalue weighted by Crippen LogP contribution is -2.14. The quantitative estimate of drug-likeness (QED) is 0.360. The summed E-state index contributed by atoms with van der Waals surface area (Å²) < 4.78 is 0. The van der Waals surface area contributed by atoms with E-state index in [1.54, 1.807) is 12.1 Å². The van der Waals surface area contributed by atoms with Crippen molar-refractivity contribution in [2.45, 2.75) is 11.0 Å². The van der Waals surface area contributed by atoms with Crippen molar-refractivity contribution in [3.05, 3.63) is 29.8 Å². The number of halogens is 1. The van der Waals surface area contributed by atoms with E-state index in [4.69, 9.17) is 21.4 Å². The van der Waals surface area contributed by atoms with E-state index in [2.05, 4.69) is 0 Å². The highest BCUT2D eigenvalue weighted by atomic mass is 35.5. The Hall–Kier alpha value is -0.750. The smallest absolute Gasteiger partial charge is 0.122 e. The Labute approximate surface area is 105 Å². The van der Waals surface area contributed by atoms with Gasteiger partial charge in [0.1, 0.15) is 5.84 Å². The van der Waals surface area contributed by atoms with Crippen molar-refractivity contribution in [2.24, 2.45) is 5.73 Å². The van der Waals surface area contributed by atoms with E-state index in [1.807, 2.05) is 12.1 Å². The van der Waals surface area contributed by atoms with E-state index in [0.29, 0.717) is 11.3 Å². The number of thioether (sulfide) groups is 1. The van der Waals surface area contributed by atoms with Crippen LogP contribution in [-0.4, -0.2) is 34.5 Å². The van der Waals surface area contributed by atoms with Crippen LogP contribution in [0.2, 0.25) is 0 Å². The molecule has 5 N–H and O–H groups in total. The fourth-order valence-corrected chi connectivity index (χ4v) is 1.79. The Morgan fingerprint density at radius 3 is 2.38 bits per heavy atom. The van der Waals surface area contributed by atoms with Crippen LogP contribution in [0.5, 0.6) is 0 Å². The molecule has 0 heterocycles. The lowest BCUT2D eigenvalue weighted by Gasteiger charge is -2.06. The Bertz CT molecular complexity index is 332. The summed E-state index contributed by atoms with van der Waals surface area (Å²) >= 11 is 1.45. The highest BCUT2D eigenvalue weighted by Gasteiger charge is 2.03. The number of nitrogens with one attached hydrogen (secondary N) is 1. The van der Waals surface area contributed by atoms with Crippen LogP contribution in [0.3, 0.4) is 0 Å². The number of nitrogen functional groups attached to an aromatic ring is 1. The fraction of sp³-hybridized carbons (Fsp3) is 0.300. The monoisotopic (exact) mass is 262 g/mol. The van der Waals surface area contributed by atoms with E-state index < -0.39 is 6.10 Å². The Morgan fingerprint density at radius 2 is 1.94 bits per heavy atom. The predicted octanol–water partition coefficient (Wildman–Crippen LogP) is 0.838. The second kappa shape index (κ2) is 7.51. The molecule has 0 aliphatic rings. The Balaban J connectivity index is 0.00000225. The molecular weight excluding hydrogens is 248 g/mol.